The predicted octanol–water partition coefficient (Wildman–Crippen LogP) is 3.68. The van der Waals surface area contributed by atoms with Gasteiger partial charge in [0.15, 0.2) is 0 Å². The van der Waals surface area contributed by atoms with Gasteiger partial charge in [-0.1, -0.05) is 38.3 Å². The molecular formula is C17H25NO. The molecule has 2 N–H and O–H groups in total. The lowest BCUT2D eigenvalue weighted by atomic mass is 9.55. The predicted molar refractivity (Wildman–Crippen MR) is 78.3 cm³/mol. The van der Waals surface area contributed by atoms with Gasteiger partial charge in [-0.05, 0) is 37.0 Å². The molecule has 2 fully saturated rings. The van der Waals surface area contributed by atoms with Gasteiger partial charge in [0.25, 0.3) is 0 Å². The first-order valence-electron chi connectivity index (χ1n) is 7.76. The van der Waals surface area contributed by atoms with Crippen molar-refractivity contribution < 1.29 is 4.74 Å². The van der Waals surface area contributed by atoms with Crippen LogP contribution in [0.5, 0.6) is 5.75 Å². The molecule has 0 radical (unpaired) electrons. The van der Waals surface area contributed by atoms with Gasteiger partial charge in [-0.2, -0.15) is 0 Å². The second kappa shape index (κ2) is 5.16. The highest BCUT2D eigenvalue weighted by Gasteiger charge is 2.54. The van der Waals surface area contributed by atoms with E-state index in [1.54, 1.807) is 0 Å². The summed E-state index contributed by atoms with van der Waals surface area (Å²) in [5.74, 6) is 1.03. The maximum absolute atomic E-state index is 6.31. The van der Waals surface area contributed by atoms with Gasteiger partial charge in [-0.3, -0.25) is 0 Å². The van der Waals surface area contributed by atoms with E-state index in [1.807, 2.05) is 0 Å². The van der Waals surface area contributed by atoms with Crippen LogP contribution in [-0.4, -0.2) is 12.1 Å². The number of aryl methyl sites for hydroxylation is 1. The van der Waals surface area contributed by atoms with Crippen LogP contribution in [0.25, 0.3) is 0 Å². The monoisotopic (exact) mass is 259 g/mol. The summed E-state index contributed by atoms with van der Waals surface area (Å²) in [6, 6.07) is 8.88. The van der Waals surface area contributed by atoms with E-state index >= 15 is 0 Å². The molecule has 0 aromatic heterocycles. The van der Waals surface area contributed by atoms with Crippen molar-refractivity contribution in [3.05, 3.63) is 29.8 Å². The van der Waals surface area contributed by atoms with E-state index in [0.717, 1.165) is 18.6 Å². The molecule has 104 valence electrons. The average molecular weight is 259 g/mol. The minimum atomic E-state index is 0.278. The molecule has 2 nitrogen and oxygen atoms in total. The molecule has 2 heteroatoms. The van der Waals surface area contributed by atoms with Crippen LogP contribution in [-0.2, 0) is 6.42 Å². The van der Waals surface area contributed by atoms with Crippen molar-refractivity contribution in [3.8, 4) is 5.75 Å². The zero-order valence-corrected chi connectivity index (χ0v) is 11.9. The molecule has 1 aromatic carbocycles. The number of nitrogens with two attached hydrogens (primary N) is 1. The number of rotatable bonds is 3. The van der Waals surface area contributed by atoms with Crippen molar-refractivity contribution in [1.29, 1.82) is 0 Å². The van der Waals surface area contributed by atoms with Crippen LogP contribution in [0.3, 0.4) is 0 Å². The van der Waals surface area contributed by atoms with E-state index < -0.39 is 0 Å². The minimum Gasteiger partial charge on any atom is -0.490 e. The van der Waals surface area contributed by atoms with Crippen molar-refractivity contribution in [2.24, 2.45) is 11.1 Å². The van der Waals surface area contributed by atoms with Crippen LogP contribution < -0.4 is 10.5 Å². The fourth-order valence-corrected chi connectivity index (χ4v) is 3.85. The summed E-state index contributed by atoms with van der Waals surface area (Å²) in [7, 11) is 0. The molecule has 0 aliphatic heterocycles. The second-order valence-corrected chi connectivity index (χ2v) is 6.24. The second-order valence-electron chi connectivity index (χ2n) is 6.24. The Labute approximate surface area is 116 Å². The molecule has 19 heavy (non-hydrogen) atoms. The molecule has 2 aliphatic rings. The van der Waals surface area contributed by atoms with Gasteiger partial charge in [0.05, 0.1) is 0 Å². The van der Waals surface area contributed by atoms with Gasteiger partial charge in [-0.15, -0.1) is 0 Å². The van der Waals surface area contributed by atoms with Crippen molar-refractivity contribution in [3.63, 3.8) is 0 Å². The van der Waals surface area contributed by atoms with Gasteiger partial charge in [0.1, 0.15) is 11.9 Å². The van der Waals surface area contributed by atoms with E-state index in [9.17, 15) is 0 Å². The van der Waals surface area contributed by atoms with E-state index in [2.05, 4.69) is 31.2 Å². The first-order chi connectivity index (χ1) is 9.24. The van der Waals surface area contributed by atoms with Gasteiger partial charge in [0, 0.05) is 17.9 Å². The Bertz CT molecular complexity index is 437. The normalized spacial score (nSPS) is 28.9. The lowest BCUT2D eigenvalue weighted by molar-refractivity contribution is -0.0898. The van der Waals surface area contributed by atoms with E-state index in [0.29, 0.717) is 12.1 Å². The first-order valence-corrected chi connectivity index (χ1v) is 7.76. The summed E-state index contributed by atoms with van der Waals surface area (Å²) in [4.78, 5) is 0. The zero-order valence-electron chi connectivity index (χ0n) is 11.9. The quantitative estimate of drug-likeness (QED) is 0.898. The minimum absolute atomic E-state index is 0.278. The Balaban J connectivity index is 1.72. The maximum Gasteiger partial charge on any atom is 0.120 e. The average Bonchev–Trinajstić information content (AvgIpc) is 2.48. The summed E-state index contributed by atoms with van der Waals surface area (Å²) < 4.78 is 6.28. The number of benzene rings is 1. The van der Waals surface area contributed by atoms with Gasteiger partial charge < -0.3 is 10.5 Å². The lowest BCUT2D eigenvalue weighted by Crippen LogP contribution is -2.64. The largest absolute Gasteiger partial charge is 0.490 e. The first kappa shape index (κ1) is 13.0. The number of hydrogen-bond donors (Lipinski definition) is 1. The highest BCUT2D eigenvalue weighted by atomic mass is 16.5. The van der Waals surface area contributed by atoms with E-state index in [4.69, 9.17) is 10.5 Å². The zero-order chi connectivity index (χ0) is 13.3. The van der Waals surface area contributed by atoms with E-state index in [1.165, 1.54) is 37.7 Å². The van der Waals surface area contributed by atoms with Gasteiger partial charge >= 0.3 is 0 Å². The molecule has 3 rings (SSSR count). The Morgan fingerprint density at radius 2 is 2.05 bits per heavy atom. The van der Waals surface area contributed by atoms with Crippen molar-refractivity contribution in [2.45, 2.75) is 64.0 Å². The SMILES string of the molecule is CCc1cccc(OC2CC(N)C23CCCCC3)c1. The molecule has 0 bridgehead atoms. The summed E-state index contributed by atoms with van der Waals surface area (Å²) in [6.45, 7) is 2.18. The smallest absolute Gasteiger partial charge is 0.120 e. The molecule has 1 aromatic rings. The molecular weight excluding hydrogens is 234 g/mol. The Kier molecular flexibility index (Phi) is 3.53. The molecule has 2 aliphatic carbocycles. The Morgan fingerprint density at radius 1 is 1.26 bits per heavy atom. The highest BCUT2D eigenvalue weighted by molar-refractivity contribution is 5.29. The molecule has 2 unspecified atom stereocenters. The van der Waals surface area contributed by atoms with Gasteiger partial charge in [-0.25, -0.2) is 0 Å². The molecule has 0 saturated heterocycles. The van der Waals surface area contributed by atoms with Crippen LogP contribution in [0.4, 0.5) is 0 Å². The topological polar surface area (TPSA) is 35.2 Å². The highest BCUT2D eigenvalue weighted by Crippen LogP contribution is 2.52. The van der Waals surface area contributed by atoms with Crippen molar-refractivity contribution in [1.82, 2.24) is 0 Å². The standard InChI is InChI=1S/C17H25NO/c1-2-13-7-6-8-14(11-13)19-16-12-15(18)17(16)9-4-3-5-10-17/h6-8,11,15-16H,2-5,9-10,12,18H2,1H3. The molecule has 2 saturated carbocycles. The Morgan fingerprint density at radius 3 is 2.74 bits per heavy atom. The van der Waals surface area contributed by atoms with Crippen LogP contribution in [0.15, 0.2) is 24.3 Å². The Hall–Kier alpha value is -1.02. The van der Waals surface area contributed by atoms with Crippen LogP contribution in [0, 0.1) is 5.41 Å². The van der Waals surface area contributed by atoms with Crippen LogP contribution >= 0.6 is 0 Å². The fourth-order valence-electron chi connectivity index (χ4n) is 3.85. The third kappa shape index (κ3) is 2.27. The van der Waals surface area contributed by atoms with Crippen molar-refractivity contribution in [2.75, 3.05) is 0 Å². The number of ether oxygens (including phenoxy) is 1. The van der Waals surface area contributed by atoms with Gasteiger partial charge in [0.2, 0.25) is 0 Å². The third-order valence-corrected chi connectivity index (χ3v) is 5.22. The molecule has 0 amide bonds. The van der Waals surface area contributed by atoms with Crippen LogP contribution in [0.2, 0.25) is 0 Å². The molecule has 0 heterocycles. The summed E-state index contributed by atoms with van der Waals surface area (Å²) >= 11 is 0. The summed E-state index contributed by atoms with van der Waals surface area (Å²) in [6.07, 6.45) is 8.95. The van der Waals surface area contributed by atoms with E-state index in [-0.39, 0.29) is 5.41 Å². The fraction of sp³-hybridized carbons (Fsp3) is 0.647. The lowest BCUT2D eigenvalue weighted by Gasteiger charge is -2.56. The molecule has 1 spiro atoms. The van der Waals surface area contributed by atoms with Crippen LogP contribution in [0.1, 0.15) is 51.0 Å². The molecule has 2 atom stereocenters. The maximum atomic E-state index is 6.31. The third-order valence-electron chi connectivity index (χ3n) is 5.22. The summed E-state index contributed by atoms with van der Waals surface area (Å²) in [5, 5.41) is 0. The number of hydrogen-bond acceptors (Lipinski definition) is 2. The summed E-state index contributed by atoms with van der Waals surface area (Å²) in [5.41, 5.74) is 7.93. The van der Waals surface area contributed by atoms with Crippen molar-refractivity contribution >= 4 is 0 Å².